The highest BCUT2D eigenvalue weighted by atomic mass is 32.1. The van der Waals surface area contributed by atoms with Crippen LogP contribution in [0.5, 0.6) is 5.75 Å². The van der Waals surface area contributed by atoms with Gasteiger partial charge in [0, 0.05) is 39.9 Å². The SMILES string of the molecule is COc1ccc(C(=O)CC(c2cccs2)c2c[nH]c3ccccc23)cc1. The van der Waals surface area contributed by atoms with Crippen LogP contribution in [0.2, 0.25) is 0 Å². The van der Waals surface area contributed by atoms with Gasteiger partial charge in [-0.25, -0.2) is 0 Å². The molecule has 0 bridgehead atoms. The number of aromatic amines is 1. The first-order valence-electron chi connectivity index (χ1n) is 8.53. The topological polar surface area (TPSA) is 42.1 Å². The van der Waals surface area contributed by atoms with E-state index in [1.165, 1.54) is 15.8 Å². The Morgan fingerprint density at radius 3 is 2.62 bits per heavy atom. The number of benzene rings is 2. The molecule has 2 heterocycles. The first kappa shape index (κ1) is 16.6. The Hall–Kier alpha value is -2.85. The maximum atomic E-state index is 12.9. The fourth-order valence-corrected chi connectivity index (χ4v) is 4.16. The number of Topliss-reactive ketones (excluding diaryl/α,β-unsaturated/α-hetero) is 1. The van der Waals surface area contributed by atoms with Crippen LogP contribution in [-0.2, 0) is 0 Å². The van der Waals surface area contributed by atoms with Gasteiger partial charge in [0.15, 0.2) is 5.78 Å². The van der Waals surface area contributed by atoms with Gasteiger partial charge in [-0.2, -0.15) is 0 Å². The van der Waals surface area contributed by atoms with Gasteiger partial charge in [0.1, 0.15) is 5.75 Å². The minimum atomic E-state index is 0.0424. The molecule has 0 radical (unpaired) electrons. The lowest BCUT2D eigenvalue weighted by Gasteiger charge is -2.15. The van der Waals surface area contributed by atoms with Crippen molar-refractivity contribution in [1.82, 2.24) is 4.98 Å². The summed E-state index contributed by atoms with van der Waals surface area (Å²) < 4.78 is 5.18. The number of methoxy groups -OCH3 is 1. The molecule has 0 fully saturated rings. The summed E-state index contributed by atoms with van der Waals surface area (Å²) in [5.41, 5.74) is 2.98. The van der Waals surface area contributed by atoms with Gasteiger partial charge >= 0.3 is 0 Å². The van der Waals surface area contributed by atoms with Crippen LogP contribution in [0, 0.1) is 0 Å². The van der Waals surface area contributed by atoms with E-state index in [9.17, 15) is 4.79 Å². The number of ketones is 1. The average Bonchev–Trinajstić information content (AvgIpc) is 3.36. The van der Waals surface area contributed by atoms with Crippen LogP contribution >= 0.6 is 11.3 Å². The zero-order chi connectivity index (χ0) is 17.9. The molecule has 2 aromatic carbocycles. The molecule has 0 aliphatic carbocycles. The maximum absolute atomic E-state index is 12.9. The molecule has 4 aromatic rings. The van der Waals surface area contributed by atoms with E-state index in [4.69, 9.17) is 4.74 Å². The minimum Gasteiger partial charge on any atom is -0.497 e. The van der Waals surface area contributed by atoms with Crippen molar-refractivity contribution in [1.29, 1.82) is 0 Å². The number of thiophene rings is 1. The Kier molecular flexibility index (Phi) is 4.59. The van der Waals surface area contributed by atoms with Crippen LogP contribution in [0.4, 0.5) is 0 Å². The number of ether oxygens (including phenoxy) is 1. The van der Waals surface area contributed by atoms with Gasteiger partial charge in [0.05, 0.1) is 7.11 Å². The summed E-state index contributed by atoms with van der Waals surface area (Å²) in [5.74, 6) is 0.935. The Balaban J connectivity index is 1.69. The molecule has 0 saturated heterocycles. The van der Waals surface area contributed by atoms with Crippen LogP contribution in [0.3, 0.4) is 0 Å². The summed E-state index contributed by atoms with van der Waals surface area (Å²) in [5, 5.41) is 3.24. The van der Waals surface area contributed by atoms with Gasteiger partial charge < -0.3 is 9.72 Å². The van der Waals surface area contributed by atoms with Crippen molar-refractivity contribution in [3.63, 3.8) is 0 Å². The lowest BCUT2D eigenvalue weighted by Crippen LogP contribution is -2.08. The predicted octanol–water partition coefficient (Wildman–Crippen LogP) is 5.64. The molecule has 0 spiro atoms. The molecule has 0 amide bonds. The average molecular weight is 361 g/mol. The third kappa shape index (κ3) is 3.16. The van der Waals surface area contributed by atoms with Gasteiger partial charge in [0.2, 0.25) is 0 Å². The molecule has 26 heavy (non-hydrogen) atoms. The molecule has 1 N–H and O–H groups in total. The van der Waals surface area contributed by atoms with Crippen molar-refractivity contribution in [2.24, 2.45) is 0 Å². The number of carbonyl (C=O) groups excluding carboxylic acids is 1. The first-order chi connectivity index (χ1) is 12.8. The quantitative estimate of drug-likeness (QED) is 0.451. The van der Waals surface area contributed by atoms with Gasteiger partial charge in [0.25, 0.3) is 0 Å². The van der Waals surface area contributed by atoms with Gasteiger partial charge in [-0.05, 0) is 47.3 Å². The van der Waals surface area contributed by atoms with E-state index in [2.05, 4.69) is 28.6 Å². The molecule has 0 aliphatic rings. The molecule has 4 heteroatoms. The highest BCUT2D eigenvalue weighted by molar-refractivity contribution is 7.10. The van der Waals surface area contributed by atoms with Crippen molar-refractivity contribution < 1.29 is 9.53 Å². The summed E-state index contributed by atoms with van der Waals surface area (Å²) in [6.07, 6.45) is 2.48. The number of H-pyrrole nitrogens is 1. The summed E-state index contributed by atoms with van der Waals surface area (Å²) in [6, 6.07) is 19.7. The number of carbonyl (C=O) groups is 1. The summed E-state index contributed by atoms with van der Waals surface area (Å²) in [7, 11) is 1.63. The minimum absolute atomic E-state index is 0.0424. The summed E-state index contributed by atoms with van der Waals surface area (Å²) >= 11 is 1.69. The molecule has 0 aliphatic heterocycles. The maximum Gasteiger partial charge on any atom is 0.163 e. The molecule has 4 rings (SSSR count). The fraction of sp³-hybridized carbons (Fsp3) is 0.136. The zero-order valence-corrected chi connectivity index (χ0v) is 15.3. The molecule has 3 nitrogen and oxygen atoms in total. The van der Waals surface area contributed by atoms with E-state index in [1.807, 2.05) is 48.7 Å². The van der Waals surface area contributed by atoms with E-state index >= 15 is 0 Å². The standard InChI is InChI=1S/C22H19NO2S/c1-25-16-10-8-15(9-11-16)21(24)13-18(22-7-4-12-26-22)19-14-23-20-6-3-2-5-17(19)20/h2-12,14,18,23H,13H2,1H3. The molecule has 1 atom stereocenters. The number of nitrogens with one attached hydrogen (secondary N) is 1. The van der Waals surface area contributed by atoms with E-state index < -0.39 is 0 Å². The highest BCUT2D eigenvalue weighted by Gasteiger charge is 2.22. The number of aromatic nitrogens is 1. The predicted molar refractivity (Wildman–Crippen MR) is 106 cm³/mol. The van der Waals surface area contributed by atoms with Crippen molar-refractivity contribution in [3.8, 4) is 5.75 Å². The number of para-hydroxylation sites is 1. The van der Waals surface area contributed by atoms with Gasteiger partial charge in [-0.15, -0.1) is 11.3 Å². The molecule has 130 valence electrons. The number of fused-ring (bicyclic) bond motifs is 1. The van der Waals surface area contributed by atoms with Gasteiger partial charge in [-0.3, -0.25) is 4.79 Å². The van der Waals surface area contributed by atoms with E-state index in [0.717, 1.165) is 11.3 Å². The van der Waals surface area contributed by atoms with Crippen molar-refractivity contribution >= 4 is 28.0 Å². The third-order valence-electron chi connectivity index (χ3n) is 4.68. The summed E-state index contributed by atoms with van der Waals surface area (Å²) in [6.45, 7) is 0. The second-order valence-corrected chi connectivity index (χ2v) is 7.19. The largest absolute Gasteiger partial charge is 0.497 e. The van der Waals surface area contributed by atoms with Crippen LogP contribution in [0.1, 0.15) is 33.1 Å². The molecular formula is C22H19NO2S. The molecule has 1 unspecified atom stereocenters. The lowest BCUT2D eigenvalue weighted by molar-refractivity contribution is 0.0978. The zero-order valence-electron chi connectivity index (χ0n) is 14.4. The van der Waals surface area contributed by atoms with E-state index in [1.54, 1.807) is 18.4 Å². The van der Waals surface area contributed by atoms with Crippen molar-refractivity contribution in [3.05, 3.63) is 88.2 Å². The van der Waals surface area contributed by atoms with Crippen molar-refractivity contribution in [2.75, 3.05) is 7.11 Å². The second-order valence-electron chi connectivity index (χ2n) is 6.21. The van der Waals surface area contributed by atoms with Crippen LogP contribution in [0.15, 0.2) is 72.2 Å². The smallest absolute Gasteiger partial charge is 0.163 e. The Bertz CT molecular complexity index is 1020. The normalized spacial score (nSPS) is 12.2. The molecule has 2 aromatic heterocycles. The Morgan fingerprint density at radius 2 is 1.88 bits per heavy atom. The van der Waals surface area contributed by atoms with Crippen LogP contribution < -0.4 is 4.74 Å². The lowest BCUT2D eigenvalue weighted by atomic mass is 9.90. The summed E-state index contributed by atoms with van der Waals surface area (Å²) in [4.78, 5) is 17.5. The van der Waals surface area contributed by atoms with Gasteiger partial charge in [-0.1, -0.05) is 24.3 Å². The second kappa shape index (κ2) is 7.18. The fourth-order valence-electron chi connectivity index (χ4n) is 3.32. The molecular weight excluding hydrogens is 342 g/mol. The number of rotatable bonds is 6. The molecule has 0 saturated carbocycles. The van der Waals surface area contributed by atoms with E-state index in [0.29, 0.717) is 12.0 Å². The number of hydrogen-bond donors (Lipinski definition) is 1. The number of hydrogen-bond acceptors (Lipinski definition) is 3. The third-order valence-corrected chi connectivity index (χ3v) is 5.67. The van der Waals surface area contributed by atoms with Crippen LogP contribution in [0.25, 0.3) is 10.9 Å². The van der Waals surface area contributed by atoms with Crippen molar-refractivity contribution in [2.45, 2.75) is 12.3 Å². The van der Waals surface area contributed by atoms with E-state index in [-0.39, 0.29) is 11.7 Å². The monoisotopic (exact) mass is 361 g/mol. The van der Waals surface area contributed by atoms with Crippen LogP contribution in [-0.4, -0.2) is 17.9 Å². The Morgan fingerprint density at radius 1 is 1.08 bits per heavy atom. The highest BCUT2D eigenvalue weighted by Crippen LogP contribution is 2.36. The first-order valence-corrected chi connectivity index (χ1v) is 9.41. The Labute approximate surface area is 156 Å².